The third kappa shape index (κ3) is 5.13. The summed E-state index contributed by atoms with van der Waals surface area (Å²) < 4.78 is 5.74. The molecule has 3 nitrogen and oxygen atoms in total. The summed E-state index contributed by atoms with van der Waals surface area (Å²) in [7, 11) is 0. The molecule has 0 radical (unpaired) electrons. The predicted molar refractivity (Wildman–Crippen MR) is 93.1 cm³/mol. The summed E-state index contributed by atoms with van der Waals surface area (Å²) in [6.07, 6.45) is 6.09. The highest BCUT2D eigenvalue weighted by atomic mass is 16.5. The van der Waals surface area contributed by atoms with Crippen LogP contribution >= 0.6 is 0 Å². The molecular weight excluding hydrogens is 288 g/mol. The molecule has 122 valence electrons. The molecule has 0 saturated carbocycles. The highest BCUT2D eigenvalue weighted by Crippen LogP contribution is 2.26. The van der Waals surface area contributed by atoms with Crippen molar-refractivity contribution < 1.29 is 14.6 Å². The van der Waals surface area contributed by atoms with Crippen LogP contribution in [0.3, 0.4) is 0 Å². The summed E-state index contributed by atoms with van der Waals surface area (Å²) in [4.78, 5) is 11.3. The van der Waals surface area contributed by atoms with E-state index < -0.39 is 5.97 Å². The summed E-state index contributed by atoms with van der Waals surface area (Å²) in [6, 6.07) is 14.7. The number of carboxylic acid groups (broad SMARTS) is 1. The molecule has 0 spiro atoms. The van der Waals surface area contributed by atoms with Gasteiger partial charge in [0.25, 0.3) is 0 Å². The van der Waals surface area contributed by atoms with Crippen molar-refractivity contribution in [2.24, 2.45) is 0 Å². The molecule has 23 heavy (non-hydrogen) atoms. The molecule has 0 saturated heterocycles. The van der Waals surface area contributed by atoms with Crippen molar-refractivity contribution in [3.8, 4) is 16.9 Å². The van der Waals surface area contributed by atoms with Gasteiger partial charge in [-0.05, 0) is 35.7 Å². The molecule has 1 N–H and O–H groups in total. The molecule has 2 aromatic rings. The largest absolute Gasteiger partial charge is 0.494 e. The molecular formula is C20H24O3. The summed E-state index contributed by atoms with van der Waals surface area (Å²) in [5.41, 5.74) is 1.93. The number of carboxylic acids is 1. The summed E-state index contributed by atoms with van der Waals surface area (Å²) in [5, 5.41) is 9.26. The molecule has 0 fully saturated rings. The second kappa shape index (κ2) is 8.99. The normalized spacial score (nSPS) is 10.5. The van der Waals surface area contributed by atoms with Crippen molar-refractivity contribution in [1.82, 2.24) is 0 Å². The minimum atomic E-state index is -0.909. The SMILES string of the molecule is CCCCCCCOc1ccc(-c2ccccc2C(=O)O)cc1. The van der Waals surface area contributed by atoms with E-state index in [1.54, 1.807) is 12.1 Å². The fourth-order valence-electron chi connectivity index (χ4n) is 2.55. The molecule has 2 rings (SSSR count). The quantitative estimate of drug-likeness (QED) is 0.630. The maximum absolute atomic E-state index is 11.3. The Bertz CT molecular complexity index is 617. The Hall–Kier alpha value is -2.29. The lowest BCUT2D eigenvalue weighted by molar-refractivity contribution is 0.0697. The fourth-order valence-corrected chi connectivity index (χ4v) is 2.55. The maximum Gasteiger partial charge on any atom is 0.336 e. The van der Waals surface area contributed by atoms with Crippen molar-refractivity contribution in [3.05, 3.63) is 54.1 Å². The van der Waals surface area contributed by atoms with Crippen LogP contribution < -0.4 is 4.74 Å². The minimum absolute atomic E-state index is 0.317. The summed E-state index contributed by atoms with van der Waals surface area (Å²) in [5.74, 6) is -0.0787. The first-order valence-corrected chi connectivity index (χ1v) is 8.28. The average molecular weight is 312 g/mol. The Morgan fingerprint density at radius 1 is 0.957 bits per heavy atom. The lowest BCUT2D eigenvalue weighted by Crippen LogP contribution is -1.99. The van der Waals surface area contributed by atoms with Gasteiger partial charge in [-0.15, -0.1) is 0 Å². The molecule has 0 atom stereocenters. The first-order valence-electron chi connectivity index (χ1n) is 8.28. The molecule has 0 aliphatic carbocycles. The summed E-state index contributed by atoms with van der Waals surface area (Å²) in [6.45, 7) is 2.94. The average Bonchev–Trinajstić information content (AvgIpc) is 2.58. The topological polar surface area (TPSA) is 46.5 Å². The number of aromatic carboxylic acids is 1. The van der Waals surface area contributed by atoms with Gasteiger partial charge in [-0.3, -0.25) is 0 Å². The molecule has 3 heteroatoms. The second-order valence-electron chi connectivity index (χ2n) is 5.64. The van der Waals surface area contributed by atoms with Crippen molar-refractivity contribution in [2.45, 2.75) is 39.0 Å². The monoisotopic (exact) mass is 312 g/mol. The Balaban J connectivity index is 1.94. The van der Waals surface area contributed by atoms with Gasteiger partial charge in [-0.1, -0.05) is 62.9 Å². The smallest absolute Gasteiger partial charge is 0.336 e. The molecule has 0 amide bonds. The van der Waals surface area contributed by atoms with E-state index in [0.717, 1.165) is 29.9 Å². The Kier molecular flexibility index (Phi) is 6.67. The van der Waals surface area contributed by atoms with Crippen molar-refractivity contribution in [1.29, 1.82) is 0 Å². The second-order valence-corrected chi connectivity index (χ2v) is 5.64. The van der Waals surface area contributed by atoms with E-state index in [0.29, 0.717) is 5.56 Å². The van der Waals surface area contributed by atoms with Gasteiger partial charge < -0.3 is 9.84 Å². The van der Waals surface area contributed by atoms with E-state index in [9.17, 15) is 9.90 Å². The van der Waals surface area contributed by atoms with Crippen LogP contribution in [0.5, 0.6) is 5.75 Å². The van der Waals surface area contributed by atoms with Gasteiger partial charge in [0, 0.05) is 0 Å². The van der Waals surface area contributed by atoms with Gasteiger partial charge in [0.2, 0.25) is 0 Å². The molecule has 0 unspecified atom stereocenters. The van der Waals surface area contributed by atoms with E-state index in [-0.39, 0.29) is 0 Å². The highest BCUT2D eigenvalue weighted by Gasteiger charge is 2.10. The Labute approximate surface area is 137 Å². The van der Waals surface area contributed by atoms with Crippen LogP contribution in [0.15, 0.2) is 48.5 Å². The van der Waals surface area contributed by atoms with Gasteiger partial charge in [0.05, 0.1) is 12.2 Å². The molecule has 2 aromatic carbocycles. The van der Waals surface area contributed by atoms with Crippen LogP contribution in [0.2, 0.25) is 0 Å². The first-order chi connectivity index (χ1) is 11.2. The van der Waals surface area contributed by atoms with Crippen molar-refractivity contribution in [3.63, 3.8) is 0 Å². The Morgan fingerprint density at radius 3 is 2.35 bits per heavy atom. The molecule has 0 aromatic heterocycles. The number of carbonyl (C=O) groups is 1. The van der Waals surface area contributed by atoms with Crippen LogP contribution in [0.4, 0.5) is 0 Å². The van der Waals surface area contributed by atoms with E-state index >= 15 is 0 Å². The first kappa shape index (κ1) is 17.1. The third-order valence-electron chi connectivity index (χ3n) is 3.84. The maximum atomic E-state index is 11.3. The van der Waals surface area contributed by atoms with E-state index in [2.05, 4.69) is 6.92 Å². The van der Waals surface area contributed by atoms with Crippen LogP contribution in [-0.4, -0.2) is 17.7 Å². The molecule has 0 bridgehead atoms. The lowest BCUT2D eigenvalue weighted by atomic mass is 10.00. The van der Waals surface area contributed by atoms with E-state index in [1.807, 2.05) is 36.4 Å². The number of unbranched alkanes of at least 4 members (excludes halogenated alkanes) is 4. The zero-order valence-corrected chi connectivity index (χ0v) is 13.6. The fraction of sp³-hybridized carbons (Fsp3) is 0.350. The van der Waals surface area contributed by atoms with Gasteiger partial charge >= 0.3 is 5.97 Å². The standard InChI is InChI=1S/C20H24O3/c1-2-3-4-5-8-15-23-17-13-11-16(12-14-17)18-9-6-7-10-19(18)20(21)22/h6-7,9-14H,2-5,8,15H2,1H3,(H,21,22). The number of benzene rings is 2. The number of hydrogen-bond donors (Lipinski definition) is 1. The number of hydrogen-bond acceptors (Lipinski definition) is 2. The van der Waals surface area contributed by atoms with Gasteiger partial charge in [0.1, 0.15) is 5.75 Å². The lowest BCUT2D eigenvalue weighted by Gasteiger charge is -2.09. The van der Waals surface area contributed by atoms with E-state index in [4.69, 9.17) is 4.74 Å². The van der Waals surface area contributed by atoms with Crippen LogP contribution in [0.25, 0.3) is 11.1 Å². The van der Waals surface area contributed by atoms with Gasteiger partial charge in [0.15, 0.2) is 0 Å². The van der Waals surface area contributed by atoms with Crippen LogP contribution in [0.1, 0.15) is 49.4 Å². The molecule has 0 heterocycles. The predicted octanol–water partition coefficient (Wildman–Crippen LogP) is 5.40. The number of ether oxygens (including phenoxy) is 1. The summed E-state index contributed by atoms with van der Waals surface area (Å²) >= 11 is 0. The zero-order chi connectivity index (χ0) is 16.5. The van der Waals surface area contributed by atoms with Crippen LogP contribution in [-0.2, 0) is 0 Å². The molecule has 0 aliphatic rings. The number of rotatable bonds is 9. The van der Waals surface area contributed by atoms with Crippen molar-refractivity contribution in [2.75, 3.05) is 6.61 Å². The van der Waals surface area contributed by atoms with Crippen LogP contribution in [0, 0.1) is 0 Å². The minimum Gasteiger partial charge on any atom is -0.494 e. The zero-order valence-electron chi connectivity index (χ0n) is 13.6. The third-order valence-corrected chi connectivity index (χ3v) is 3.84. The van der Waals surface area contributed by atoms with E-state index in [1.165, 1.54) is 25.7 Å². The van der Waals surface area contributed by atoms with Gasteiger partial charge in [-0.2, -0.15) is 0 Å². The van der Waals surface area contributed by atoms with Crippen molar-refractivity contribution >= 4 is 5.97 Å². The Morgan fingerprint density at radius 2 is 1.65 bits per heavy atom. The van der Waals surface area contributed by atoms with Gasteiger partial charge in [-0.25, -0.2) is 4.79 Å². The molecule has 0 aliphatic heterocycles. The highest BCUT2D eigenvalue weighted by molar-refractivity contribution is 5.96.